The molecule has 314 valence electrons. The van der Waals surface area contributed by atoms with Crippen LogP contribution in [-0.2, 0) is 32.7 Å². The molecule has 1 unspecified atom stereocenters. The number of carbonyl (C=O) groups is 2. The first-order chi connectivity index (χ1) is 26.1. The number of esters is 2. The van der Waals surface area contributed by atoms with E-state index in [0.717, 1.165) is 25.7 Å². The highest BCUT2D eigenvalue weighted by molar-refractivity contribution is 7.47. The number of aliphatic hydroxyl groups excluding tert-OH is 3. The summed E-state index contributed by atoms with van der Waals surface area (Å²) in [5, 5.41) is 28.3. The summed E-state index contributed by atoms with van der Waals surface area (Å²) in [5.74, 6) is -1.03. The van der Waals surface area contributed by atoms with Crippen molar-refractivity contribution in [3.63, 3.8) is 0 Å². The number of aliphatic hydroxyl groups is 3. The summed E-state index contributed by atoms with van der Waals surface area (Å²) < 4.78 is 32.6. The Bertz CT molecular complexity index is 1060. The third-order valence-corrected chi connectivity index (χ3v) is 9.52. The molecule has 11 nitrogen and oxygen atoms in total. The maximum absolute atomic E-state index is 12.6. The van der Waals surface area contributed by atoms with Crippen LogP contribution in [0.5, 0.6) is 0 Å². The van der Waals surface area contributed by atoms with Gasteiger partial charge in [0.1, 0.15) is 12.7 Å². The van der Waals surface area contributed by atoms with E-state index in [-0.39, 0.29) is 19.4 Å². The van der Waals surface area contributed by atoms with Crippen LogP contribution in [0.2, 0.25) is 0 Å². The summed E-state index contributed by atoms with van der Waals surface area (Å²) in [5.41, 5.74) is 0. The Morgan fingerprint density at radius 2 is 1.19 bits per heavy atom. The van der Waals surface area contributed by atoms with Crippen molar-refractivity contribution in [2.24, 2.45) is 0 Å². The molecule has 0 aliphatic rings. The Labute approximate surface area is 326 Å². The molecule has 0 aromatic heterocycles. The lowest BCUT2D eigenvalue weighted by Crippen LogP contribution is -2.29. The van der Waals surface area contributed by atoms with Crippen LogP contribution in [0.15, 0.2) is 48.6 Å². The van der Waals surface area contributed by atoms with Crippen LogP contribution in [0.1, 0.15) is 162 Å². The van der Waals surface area contributed by atoms with Gasteiger partial charge in [0.05, 0.1) is 25.9 Å². The summed E-state index contributed by atoms with van der Waals surface area (Å²) in [7, 11) is -4.64. The van der Waals surface area contributed by atoms with E-state index >= 15 is 0 Å². The molecule has 0 radical (unpaired) electrons. The Hall–Kier alpha value is -2.11. The fourth-order valence-corrected chi connectivity index (χ4v) is 6.09. The van der Waals surface area contributed by atoms with E-state index in [0.29, 0.717) is 32.1 Å². The zero-order chi connectivity index (χ0) is 40.0. The minimum atomic E-state index is -4.64. The highest BCUT2D eigenvalue weighted by Gasteiger charge is 2.27. The van der Waals surface area contributed by atoms with Crippen LogP contribution < -0.4 is 0 Å². The molecular weight excluding hydrogens is 711 g/mol. The average Bonchev–Trinajstić information content (AvgIpc) is 3.15. The number of carbonyl (C=O) groups excluding carboxylic acids is 2. The van der Waals surface area contributed by atoms with Crippen LogP contribution in [0, 0.1) is 0 Å². The minimum absolute atomic E-state index is 0.134. The summed E-state index contributed by atoms with van der Waals surface area (Å²) in [6, 6.07) is 0. The van der Waals surface area contributed by atoms with Gasteiger partial charge in [-0.3, -0.25) is 18.6 Å². The number of phosphoric acid groups is 1. The fourth-order valence-electron chi connectivity index (χ4n) is 5.30. The van der Waals surface area contributed by atoms with Gasteiger partial charge < -0.3 is 29.7 Å². The molecule has 12 heteroatoms. The van der Waals surface area contributed by atoms with E-state index < -0.39 is 57.9 Å². The topological polar surface area (TPSA) is 169 Å². The zero-order valence-corrected chi connectivity index (χ0v) is 34.4. The lowest BCUT2D eigenvalue weighted by molar-refractivity contribution is -0.161. The quantitative estimate of drug-likeness (QED) is 0.0155. The van der Waals surface area contributed by atoms with E-state index in [2.05, 4.69) is 24.4 Å². The Balaban J connectivity index is 4.48. The summed E-state index contributed by atoms with van der Waals surface area (Å²) in [6.07, 6.45) is 35.4. The van der Waals surface area contributed by atoms with Crippen molar-refractivity contribution in [2.75, 3.05) is 26.4 Å². The largest absolute Gasteiger partial charge is 0.472 e. The monoisotopic (exact) mass is 787 g/mol. The highest BCUT2D eigenvalue weighted by Crippen LogP contribution is 2.43. The molecule has 54 heavy (non-hydrogen) atoms. The summed E-state index contributed by atoms with van der Waals surface area (Å²) in [4.78, 5) is 34.9. The molecule has 0 saturated carbocycles. The van der Waals surface area contributed by atoms with Gasteiger partial charge in [-0.15, -0.1) is 0 Å². The predicted molar refractivity (Wildman–Crippen MR) is 216 cm³/mol. The maximum Gasteiger partial charge on any atom is 0.472 e. The third kappa shape index (κ3) is 36.8. The molecule has 0 spiro atoms. The van der Waals surface area contributed by atoms with Crippen molar-refractivity contribution in [2.45, 2.75) is 180 Å². The Morgan fingerprint density at radius 3 is 1.83 bits per heavy atom. The molecule has 4 N–H and O–H groups in total. The van der Waals surface area contributed by atoms with Gasteiger partial charge >= 0.3 is 19.8 Å². The molecule has 0 amide bonds. The second-order valence-corrected chi connectivity index (χ2v) is 15.3. The molecule has 0 saturated heterocycles. The molecular formula is C42H75O11P. The van der Waals surface area contributed by atoms with Gasteiger partial charge in [-0.1, -0.05) is 152 Å². The van der Waals surface area contributed by atoms with Gasteiger partial charge in [0.15, 0.2) is 6.10 Å². The van der Waals surface area contributed by atoms with Crippen LogP contribution in [-0.4, -0.2) is 76.9 Å². The lowest BCUT2D eigenvalue weighted by Gasteiger charge is -2.20. The van der Waals surface area contributed by atoms with E-state index in [4.69, 9.17) is 19.1 Å². The van der Waals surface area contributed by atoms with Gasteiger partial charge in [-0.05, 0) is 44.9 Å². The smallest absolute Gasteiger partial charge is 0.462 e. The molecule has 0 aromatic rings. The average molecular weight is 787 g/mol. The van der Waals surface area contributed by atoms with E-state index in [1.165, 1.54) is 77.0 Å². The van der Waals surface area contributed by atoms with Gasteiger partial charge in [-0.25, -0.2) is 4.57 Å². The van der Waals surface area contributed by atoms with Crippen molar-refractivity contribution >= 4 is 19.8 Å². The van der Waals surface area contributed by atoms with Crippen LogP contribution >= 0.6 is 7.82 Å². The number of hydrogen-bond acceptors (Lipinski definition) is 10. The number of allylic oxidation sites excluding steroid dienone is 6. The molecule has 0 rings (SSSR count). The van der Waals surface area contributed by atoms with E-state index in [9.17, 15) is 29.3 Å². The molecule has 4 atom stereocenters. The maximum atomic E-state index is 12.6. The highest BCUT2D eigenvalue weighted by atomic mass is 31.2. The molecule has 0 fully saturated rings. The molecule has 0 aliphatic heterocycles. The molecule has 0 aliphatic carbocycles. The minimum Gasteiger partial charge on any atom is -0.462 e. The molecule has 0 bridgehead atoms. The van der Waals surface area contributed by atoms with Crippen molar-refractivity contribution in [3.8, 4) is 0 Å². The summed E-state index contributed by atoms with van der Waals surface area (Å²) >= 11 is 0. The normalized spacial score (nSPS) is 15.0. The van der Waals surface area contributed by atoms with Gasteiger partial charge in [0, 0.05) is 12.8 Å². The zero-order valence-electron chi connectivity index (χ0n) is 33.5. The summed E-state index contributed by atoms with van der Waals surface area (Å²) in [6.45, 7) is 2.19. The Kier molecular flexibility index (Phi) is 36.3. The van der Waals surface area contributed by atoms with Crippen molar-refractivity contribution in [3.05, 3.63) is 48.6 Å². The standard InChI is InChI=1S/C42H75O11P/c1-3-5-7-9-11-12-13-14-15-16-21-25-29-33-42(47)53-40(37-52-54(48,49)51-35-39(45)34-43)36-50-41(46)32-28-24-20-18-17-19-23-27-31-38(44)30-26-22-10-8-6-4-2/h18-20,22-23,26-27,31,38-40,43-45H,3-17,21,24-25,28-30,32-37H2,1-2H3,(H,48,49)/b20-18-,23-19-,26-22-,31-27+/t38-,39+,40-/m1/s1. The number of hydrogen-bond donors (Lipinski definition) is 4. The van der Waals surface area contributed by atoms with Crippen molar-refractivity contribution in [1.29, 1.82) is 0 Å². The molecule has 0 heterocycles. The van der Waals surface area contributed by atoms with Gasteiger partial charge in [0.2, 0.25) is 0 Å². The third-order valence-electron chi connectivity index (χ3n) is 8.57. The lowest BCUT2D eigenvalue weighted by atomic mass is 10.0. The second-order valence-electron chi connectivity index (χ2n) is 13.9. The first kappa shape index (κ1) is 51.9. The van der Waals surface area contributed by atoms with E-state index in [1.54, 1.807) is 6.08 Å². The number of phosphoric ester groups is 1. The van der Waals surface area contributed by atoms with Crippen LogP contribution in [0.25, 0.3) is 0 Å². The number of rotatable bonds is 38. The number of unbranched alkanes of at least 4 members (excludes halogenated alkanes) is 16. The Morgan fingerprint density at radius 1 is 0.630 bits per heavy atom. The van der Waals surface area contributed by atoms with E-state index in [1.807, 2.05) is 36.5 Å². The van der Waals surface area contributed by atoms with Gasteiger partial charge in [0.25, 0.3) is 0 Å². The van der Waals surface area contributed by atoms with Crippen molar-refractivity contribution in [1.82, 2.24) is 0 Å². The van der Waals surface area contributed by atoms with Crippen molar-refractivity contribution < 1.29 is 52.9 Å². The molecule has 0 aromatic carbocycles. The van der Waals surface area contributed by atoms with Crippen LogP contribution in [0.3, 0.4) is 0 Å². The first-order valence-electron chi connectivity index (χ1n) is 20.7. The first-order valence-corrected chi connectivity index (χ1v) is 22.2. The fraction of sp³-hybridized carbons (Fsp3) is 0.762. The predicted octanol–water partition coefficient (Wildman–Crippen LogP) is 9.53. The number of ether oxygens (including phenoxy) is 2. The van der Waals surface area contributed by atoms with Gasteiger partial charge in [-0.2, -0.15) is 0 Å². The SMILES string of the molecule is CCCCC/C=C\C[C@@H](O)/C=C/C=C\C/C=C\CCCC(=O)OC[C@H](COP(=O)(O)OC[C@@H](O)CO)OC(=O)CCCCCCCCCCCCCCC. The van der Waals surface area contributed by atoms with Crippen LogP contribution in [0.4, 0.5) is 0 Å². The second kappa shape index (κ2) is 37.8.